The highest BCUT2D eigenvalue weighted by Gasteiger charge is 2.19. The van der Waals surface area contributed by atoms with E-state index in [4.69, 9.17) is 16.6 Å². The lowest BCUT2D eigenvalue weighted by Gasteiger charge is -2.25. The smallest absolute Gasteiger partial charge is 0.129 e. The predicted molar refractivity (Wildman–Crippen MR) is 86.6 cm³/mol. The largest absolute Gasteiger partial charge is 0.370 e. The summed E-state index contributed by atoms with van der Waals surface area (Å²) < 4.78 is 0. The second-order valence-electron chi connectivity index (χ2n) is 5.85. The van der Waals surface area contributed by atoms with Gasteiger partial charge in [-0.1, -0.05) is 18.2 Å². The fourth-order valence-corrected chi connectivity index (χ4v) is 3.22. The third-order valence-corrected chi connectivity index (χ3v) is 4.69. The Labute approximate surface area is 125 Å². The van der Waals surface area contributed by atoms with Crippen molar-refractivity contribution in [2.24, 2.45) is 5.92 Å². The Kier molecular flexibility index (Phi) is 4.11. The molecular formula is C17H21ClN2. The number of hydrogen-bond donors (Lipinski definition) is 1. The Morgan fingerprint density at radius 3 is 2.75 bits per heavy atom. The summed E-state index contributed by atoms with van der Waals surface area (Å²) in [6.45, 7) is 3.13. The zero-order valence-corrected chi connectivity index (χ0v) is 12.7. The number of para-hydroxylation sites is 1. The molecule has 1 N–H and O–H groups in total. The SMILES string of the molecule is Cc1cc2ccccc2nc1NCC1CCC(Cl)CC1. The number of aromatic nitrogens is 1. The number of rotatable bonds is 3. The number of nitrogens with zero attached hydrogens (tertiary/aromatic N) is 1. The van der Waals surface area contributed by atoms with Gasteiger partial charge in [0.05, 0.1) is 5.52 Å². The average molecular weight is 289 g/mol. The maximum Gasteiger partial charge on any atom is 0.129 e. The highest BCUT2D eigenvalue weighted by molar-refractivity contribution is 6.20. The van der Waals surface area contributed by atoms with Crippen LogP contribution in [0, 0.1) is 12.8 Å². The van der Waals surface area contributed by atoms with E-state index in [0.717, 1.165) is 36.6 Å². The maximum absolute atomic E-state index is 6.16. The Morgan fingerprint density at radius 1 is 1.20 bits per heavy atom. The van der Waals surface area contributed by atoms with Gasteiger partial charge in [-0.15, -0.1) is 11.6 Å². The molecule has 2 aromatic rings. The molecule has 0 unspecified atom stereocenters. The lowest BCUT2D eigenvalue weighted by atomic mass is 9.89. The van der Waals surface area contributed by atoms with Gasteiger partial charge in [0.15, 0.2) is 0 Å². The van der Waals surface area contributed by atoms with Crippen LogP contribution in [0.2, 0.25) is 0 Å². The summed E-state index contributed by atoms with van der Waals surface area (Å²) in [6, 6.07) is 10.5. The molecule has 3 rings (SSSR count). The van der Waals surface area contributed by atoms with Gasteiger partial charge in [-0.3, -0.25) is 0 Å². The first-order valence-corrected chi connectivity index (χ1v) is 7.90. The molecule has 1 saturated carbocycles. The van der Waals surface area contributed by atoms with Crippen molar-refractivity contribution >= 4 is 28.3 Å². The second-order valence-corrected chi connectivity index (χ2v) is 6.46. The molecule has 2 nitrogen and oxygen atoms in total. The summed E-state index contributed by atoms with van der Waals surface area (Å²) in [7, 11) is 0. The van der Waals surface area contributed by atoms with Gasteiger partial charge in [0.1, 0.15) is 5.82 Å². The molecule has 0 aliphatic heterocycles. The molecule has 0 saturated heterocycles. The third kappa shape index (κ3) is 3.06. The van der Waals surface area contributed by atoms with Crippen LogP contribution in [0.4, 0.5) is 5.82 Å². The Hall–Kier alpha value is -1.28. The van der Waals surface area contributed by atoms with Crippen LogP contribution in [0.3, 0.4) is 0 Å². The summed E-state index contributed by atoms with van der Waals surface area (Å²) in [5.41, 5.74) is 2.28. The fraction of sp³-hybridized carbons (Fsp3) is 0.471. The van der Waals surface area contributed by atoms with Gasteiger partial charge in [-0.2, -0.15) is 0 Å². The van der Waals surface area contributed by atoms with E-state index in [1.54, 1.807) is 0 Å². The second kappa shape index (κ2) is 6.01. The predicted octanol–water partition coefficient (Wildman–Crippen LogP) is 4.75. The minimum absolute atomic E-state index is 0.395. The number of hydrogen-bond acceptors (Lipinski definition) is 2. The summed E-state index contributed by atoms with van der Waals surface area (Å²) in [5, 5.41) is 5.14. The standard InChI is InChI=1S/C17H21ClN2/c1-12-10-14-4-2-3-5-16(14)20-17(12)19-11-13-6-8-15(18)9-7-13/h2-5,10,13,15H,6-9,11H2,1H3,(H,19,20). The van der Waals surface area contributed by atoms with Crippen LogP contribution in [0.1, 0.15) is 31.2 Å². The van der Waals surface area contributed by atoms with E-state index in [2.05, 4.69) is 36.5 Å². The van der Waals surface area contributed by atoms with Crippen LogP contribution in [-0.2, 0) is 0 Å². The Bertz CT molecular complexity index is 589. The van der Waals surface area contributed by atoms with E-state index < -0.39 is 0 Å². The first kappa shape index (κ1) is 13.7. The highest BCUT2D eigenvalue weighted by Crippen LogP contribution is 2.28. The first-order valence-electron chi connectivity index (χ1n) is 7.46. The van der Waals surface area contributed by atoms with Crippen molar-refractivity contribution in [1.29, 1.82) is 0 Å². The van der Waals surface area contributed by atoms with Crippen LogP contribution in [0.25, 0.3) is 10.9 Å². The summed E-state index contributed by atoms with van der Waals surface area (Å²) in [5.74, 6) is 1.76. The number of aryl methyl sites for hydroxylation is 1. The molecule has 0 amide bonds. The zero-order valence-electron chi connectivity index (χ0n) is 11.9. The first-order chi connectivity index (χ1) is 9.72. The third-order valence-electron chi connectivity index (χ3n) is 4.25. The lowest BCUT2D eigenvalue weighted by Crippen LogP contribution is -2.21. The molecule has 0 atom stereocenters. The molecule has 0 bridgehead atoms. The lowest BCUT2D eigenvalue weighted by molar-refractivity contribution is 0.377. The number of halogens is 1. The topological polar surface area (TPSA) is 24.9 Å². The number of alkyl halides is 1. The summed E-state index contributed by atoms with van der Waals surface area (Å²) in [6.07, 6.45) is 4.76. The normalized spacial score (nSPS) is 22.9. The summed E-state index contributed by atoms with van der Waals surface area (Å²) in [4.78, 5) is 4.74. The van der Waals surface area contributed by atoms with Crippen LogP contribution in [-0.4, -0.2) is 16.9 Å². The van der Waals surface area contributed by atoms with Crippen LogP contribution in [0.5, 0.6) is 0 Å². The van der Waals surface area contributed by atoms with E-state index in [0.29, 0.717) is 5.38 Å². The molecule has 1 heterocycles. The molecule has 106 valence electrons. The van der Waals surface area contributed by atoms with E-state index in [1.165, 1.54) is 23.8 Å². The molecule has 0 spiro atoms. The quantitative estimate of drug-likeness (QED) is 0.824. The highest BCUT2D eigenvalue weighted by atomic mass is 35.5. The van der Waals surface area contributed by atoms with Crippen molar-refractivity contribution in [1.82, 2.24) is 4.98 Å². The fourth-order valence-electron chi connectivity index (χ4n) is 2.97. The Morgan fingerprint density at radius 2 is 1.95 bits per heavy atom. The molecule has 1 aliphatic carbocycles. The van der Waals surface area contributed by atoms with Crippen LogP contribution < -0.4 is 5.32 Å². The van der Waals surface area contributed by atoms with E-state index in [9.17, 15) is 0 Å². The molecule has 1 aliphatic rings. The van der Waals surface area contributed by atoms with E-state index in [1.807, 2.05) is 6.07 Å². The van der Waals surface area contributed by atoms with E-state index in [-0.39, 0.29) is 0 Å². The number of pyridine rings is 1. The molecule has 20 heavy (non-hydrogen) atoms. The minimum atomic E-state index is 0.395. The number of fused-ring (bicyclic) bond motifs is 1. The van der Waals surface area contributed by atoms with Gasteiger partial charge in [0.2, 0.25) is 0 Å². The van der Waals surface area contributed by atoms with Gasteiger partial charge >= 0.3 is 0 Å². The number of anilines is 1. The monoisotopic (exact) mass is 288 g/mol. The van der Waals surface area contributed by atoms with Crippen molar-refractivity contribution in [3.8, 4) is 0 Å². The van der Waals surface area contributed by atoms with Gasteiger partial charge in [0, 0.05) is 17.3 Å². The van der Waals surface area contributed by atoms with E-state index >= 15 is 0 Å². The zero-order chi connectivity index (χ0) is 13.9. The molecule has 3 heteroatoms. The van der Waals surface area contributed by atoms with Gasteiger partial charge in [0.25, 0.3) is 0 Å². The number of benzene rings is 1. The van der Waals surface area contributed by atoms with Crippen LogP contribution >= 0.6 is 11.6 Å². The molecule has 1 fully saturated rings. The summed E-state index contributed by atoms with van der Waals surface area (Å²) >= 11 is 6.16. The van der Waals surface area contributed by atoms with Crippen molar-refractivity contribution < 1.29 is 0 Å². The maximum atomic E-state index is 6.16. The van der Waals surface area contributed by atoms with Crippen molar-refractivity contribution in [2.45, 2.75) is 38.0 Å². The molecular weight excluding hydrogens is 268 g/mol. The minimum Gasteiger partial charge on any atom is -0.370 e. The van der Waals surface area contributed by atoms with Crippen molar-refractivity contribution in [3.05, 3.63) is 35.9 Å². The van der Waals surface area contributed by atoms with Gasteiger partial charge in [-0.05, 0) is 56.2 Å². The van der Waals surface area contributed by atoms with Crippen molar-refractivity contribution in [3.63, 3.8) is 0 Å². The molecule has 0 radical (unpaired) electrons. The molecule has 1 aromatic carbocycles. The Balaban J connectivity index is 1.69. The average Bonchev–Trinajstić information content (AvgIpc) is 2.47. The van der Waals surface area contributed by atoms with Crippen LogP contribution in [0.15, 0.2) is 30.3 Å². The van der Waals surface area contributed by atoms with Gasteiger partial charge in [-0.25, -0.2) is 4.98 Å². The molecule has 1 aromatic heterocycles. The number of nitrogens with one attached hydrogen (secondary N) is 1. The van der Waals surface area contributed by atoms with Gasteiger partial charge < -0.3 is 5.32 Å². The van der Waals surface area contributed by atoms with Crippen molar-refractivity contribution in [2.75, 3.05) is 11.9 Å².